The summed E-state index contributed by atoms with van der Waals surface area (Å²) in [6.45, 7) is 5.25. The number of hydrogen-bond acceptors (Lipinski definition) is 4. The first-order valence-electron chi connectivity index (χ1n) is 7.43. The lowest BCUT2D eigenvalue weighted by atomic mass is 9.70. The molecular formula is C14H28N2O2S. The Balaban J connectivity index is 2.13. The highest BCUT2D eigenvalue weighted by Crippen LogP contribution is 2.40. The SMILES string of the molecule is CC1CCC(CN)(N(C)C2CCS(=O)(=O)C2)CC1C. The molecule has 4 atom stereocenters. The molecule has 1 aliphatic heterocycles. The third-order valence-corrected chi connectivity index (χ3v) is 7.37. The van der Waals surface area contributed by atoms with E-state index >= 15 is 0 Å². The zero-order valence-corrected chi connectivity index (χ0v) is 13.2. The topological polar surface area (TPSA) is 63.4 Å². The first kappa shape index (κ1) is 15.3. The maximum absolute atomic E-state index is 11.7. The van der Waals surface area contributed by atoms with Gasteiger partial charge in [-0.1, -0.05) is 13.8 Å². The van der Waals surface area contributed by atoms with E-state index in [1.807, 2.05) is 0 Å². The molecule has 0 aromatic heterocycles. The van der Waals surface area contributed by atoms with Crippen LogP contribution < -0.4 is 5.73 Å². The predicted molar refractivity (Wildman–Crippen MR) is 78.8 cm³/mol. The van der Waals surface area contributed by atoms with E-state index in [-0.39, 0.29) is 11.6 Å². The van der Waals surface area contributed by atoms with Gasteiger partial charge < -0.3 is 5.73 Å². The van der Waals surface area contributed by atoms with Gasteiger partial charge in [0, 0.05) is 18.1 Å². The monoisotopic (exact) mass is 288 g/mol. The van der Waals surface area contributed by atoms with Crippen LogP contribution in [0.2, 0.25) is 0 Å². The molecule has 0 amide bonds. The molecule has 0 aromatic rings. The number of hydrogen-bond donors (Lipinski definition) is 1. The molecule has 2 aliphatic rings. The molecule has 0 bridgehead atoms. The average Bonchev–Trinajstić information content (AvgIpc) is 2.72. The maximum atomic E-state index is 11.7. The van der Waals surface area contributed by atoms with Crippen molar-refractivity contribution >= 4 is 9.84 Å². The van der Waals surface area contributed by atoms with Crippen molar-refractivity contribution in [1.29, 1.82) is 0 Å². The standard InChI is InChI=1S/C14H28N2O2S/c1-11-4-6-14(10-15,8-12(11)2)16(3)13-5-7-19(17,18)9-13/h11-13H,4-10,15H2,1-3H3. The summed E-state index contributed by atoms with van der Waals surface area (Å²) < 4.78 is 23.4. The highest BCUT2D eigenvalue weighted by Gasteiger charge is 2.44. The van der Waals surface area contributed by atoms with Gasteiger partial charge in [-0.05, 0) is 44.6 Å². The quantitative estimate of drug-likeness (QED) is 0.849. The van der Waals surface area contributed by atoms with Gasteiger partial charge in [0.1, 0.15) is 0 Å². The molecule has 1 heterocycles. The Morgan fingerprint density at radius 3 is 2.42 bits per heavy atom. The summed E-state index contributed by atoms with van der Waals surface area (Å²) in [5.41, 5.74) is 6.10. The number of likely N-dealkylation sites (N-methyl/N-ethyl adjacent to an activating group) is 1. The molecule has 19 heavy (non-hydrogen) atoms. The average molecular weight is 288 g/mol. The minimum atomic E-state index is -2.82. The van der Waals surface area contributed by atoms with Crippen molar-refractivity contribution in [2.75, 3.05) is 25.1 Å². The minimum Gasteiger partial charge on any atom is -0.329 e. The Bertz CT molecular complexity index is 423. The number of rotatable bonds is 3. The number of nitrogens with zero attached hydrogens (tertiary/aromatic N) is 1. The summed E-state index contributed by atoms with van der Waals surface area (Å²) in [5, 5.41) is 0. The highest BCUT2D eigenvalue weighted by molar-refractivity contribution is 7.91. The molecule has 1 saturated carbocycles. The van der Waals surface area contributed by atoms with Crippen LogP contribution in [-0.4, -0.2) is 50.0 Å². The van der Waals surface area contributed by atoms with Crippen LogP contribution in [0.5, 0.6) is 0 Å². The minimum absolute atomic E-state index is 0.0104. The molecule has 1 aliphatic carbocycles. The lowest BCUT2D eigenvalue weighted by Gasteiger charge is -2.50. The molecule has 2 rings (SSSR count). The van der Waals surface area contributed by atoms with E-state index in [9.17, 15) is 8.42 Å². The smallest absolute Gasteiger partial charge is 0.151 e. The molecule has 0 radical (unpaired) electrons. The molecule has 0 spiro atoms. The van der Waals surface area contributed by atoms with Gasteiger partial charge in [0.2, 0.25) is 0 Å². The van der Waals surface area contributed by atoms with Crippen LogP contribution >= 0.6 is 0 Å². The zero-order chi connectivity index (χ0) is 14.3. The van der Waals surface area contributed by atoms with Crippen LogP contribution in [-0.2, 0) is 9.84 Å². The molecule has 2 N–H and O–H groups in total. The van der Waals surface area contributed by atoms with E-state index in [2.05, 4.69) is 25.8 Å². The Morgan fingerprint density at radius 2 is 1.95 bits per heavy atom. The van der Waals surface area contributed by atoms with Crippen LogP contribution in [0.15, 0.2) is 0 Å². The number of sulfone groups is 1. The van der Waals surface area contributed by atoms with E-state index in [1.54, 1.807) is 0 Å². The molecule has 4 unspecified atom stereocenters. The summed E-state index contributed by atoms with van der Waals surface area (Å²) in [4.78, 5) is 2.31. The maximum Gasteiger partial charge on any atom is 0.151 e. The second-order valence-electron chi connectivity index (χ2n) is 6.79. The van der Waals surface area contributed by atoms with Crippen LogP contribution in [0.1, 0.15) is 39.5 Å². The van der Waals surface area contributed by atoms with Gasteiger partial charge >= 0.3 is 0 Å². The van der Waals surface area contributed by atoms with Crippen LogP contribution in [0.4, 0.5) is 0 Å². The van der Waals surface area contributed by atoms with Gasteiger partial charge in [-0.15, -0.1) is 0 Å². The fourth-order valence-corrected chi connectivity index (χ4v) is 5.58. The molecule has 112 valence electrons. The molecular weight excluding hydrogens is 260 g/mol. The van der Waals surface area contributed by atoms with Crippen molar-refractivity contribution in [2.45, 2.75) is 51.1 Å². The van der Waals surface area contributed by atoms with Gasteiger partial charge in [-0.25, -0.2) is 8.42 Å². The van der Waals surface area contributed by atoms with Crippen molar-refractivity contribution < 1.29 is 8.42 Å². The summed E-state index contributed by atoms with van der Waals surface area (Å²) in [7, 11) is -0.737. The summed E-state index contributed by atoms with van der Waals surface area (Å²) in [6, 6.07) is 0.161. The van der Waals surface area contributed by atoms with Crippen molar-refractivity contribution in [3.63, 3.8) is 0 Å². The third-order valence-electron chi connectivity index (χ3n) is 5.62. The molecule has 2 fully saturated rings. The first-order valence-corrected chi connectivity index (χ1v) is 9.25. The normalized spacial score (nSPS) is 42.7. The van der Waals surface area contributed by atoms with Gasteiger partial charge in [0.05, 0.1) is 11.5 Å². The highest BCUT2D eigenvalue weighted by atomic mass is 32.2. The molecule has 5 heteroatoms. The zero-order valence-electron chi connectivity index (χ0n) is 12.4. The van der Waals surface area contributed by atoms with Crippen LogP contribution in [0, 0.1) is 11.8 Å². The first-order chi connectivity index (χ1) is 8.80. The Labute approximate surface area is 117 Å². The van der Waals surface area contributed by atoms with Gasteiger partial charge in [-0.2, -0.15) is 0 Å². The van der Waals surface area contributed by atoms with E-state index in [1.165, 1.54) is 6.42 Å². The largest absolute Gasteiger partial charge is 0.329 e. The Hall–Kier alpha value is -0.130. The van der Waals surface area contributed by atoms with Gasteiger partial charge in [0.15, 0.2) is 9.84 Å². The number of nitrogens with two attached hydrogens (primary N) is 1. The van der Waals surface area contributed by atoms with E-state index < -0.39 is 9.84 Å². The lowest BCUT2D eigenvalue weighted by Crippen LogP contribution is -2.59. The van der Waals surface area contributed by atoms with Crippen LogP contribution in [0.3, 0.4) is 0 Å². The van der Waals surface area contributed by atoms with Crippen molar-refractivity contribution in [3.05, 3.63) is 0 Å². The third kappa shape index (κ3) is 2.98. The Morgan fingerprint density at radius 1 is 1.26 bits per heavy atom. The van der Waals surface area contributed by atoms with Crippen molar-refractivity contribution in [1.82, 2.24) is 4.90 Å². The van der Waals surface area contributed by atoms with Crippen LogP contribution in [0.25, 0.3) is 0 Å². The van der Waals surface area contributed by atoms with E-state index in [4.69, 9.17) is 5.73 Å². The second-order valence-corrected chi connectivity index (χ2v) is 9.02. The second kappa shape index (κ2) is 5.34. The molecule has 0 aromatic carbocycles. The Kier molecular flexibility index (Phi) is 4.29. The fourth-order valence-electron chi connectivity index (χ4n) is 3.80. The van der Waals surface area contributed by atoms with Gasteiger partial charge in [0.25, 0.3) is 0 Å². The van der Waals surface area contributed by atoms with Crippen molar-refractivity contribution in [2.24, 2.45) is 17.6 Å². The summed E-state index contributed by atoms with van der Waals surface area (Å²) in [6.07, 6.45) is 4.16. The lowest BCUT2D eigenvalue weighted by molar-refractivity contribution is 0.0174. The molecule has 4 nitrogen and oxygen atoms in total. The summed E-state index contributed by atoms with van der Waals surface area (Å²) in [5.74, 6) is 2.07. The van der Waals surface area contributed by atoms with E-state index in [0.29, 0.717) is 24.0 Å². The van der Waals surface area contributed by atoms with Crippen molar-refractivity contribution in [3.8, 4) is 0 Å². The van der Waals surface area contributed by atoms with Gasteiger partial charge in [-0.3, -0.25) is 4.90 Å². The molecule has 1 saturated heterocycles. The predicted octanol–water partition coefficient (Wildman–Crippen LogP) is 1.26. The fraction of sp³-hybridized carbons (Fsp3) is 1.00. The summed E-state index contributed by atoms with van der Waals surface area (Å²) >= 11 is 0. The van der Waals surface area contributed by atoms with E-state index in [0.717, 1.165) is 25.2 Å².